The first-order valence-electron chi connectivity index (χ1n) is 5.44. The maximum absolute atomic E-state index is 11.8. The number of thioether (sulfide) groups is 1. The van der Waals surface area contributed by atoms with Gasteiger partial charge in [0.25, 0.3) is 0 Å². The molecule has 6 heteroatoms. The molecular formula is C13H10Cl2N2OS. The van der Waals surface area contributed by atoms with Crippen LogP contribution in [0.3, 0.4) is 0 Å². The second-order valence-corrected chi connectivity index (χ2v) is 5.41. The van der Waals surface area contributed by atoms with Crippen molar-refractivity contribution in [3.63, 3.8) is 0 Å². The van der Waals surface area contributed by atoms with E-state index in [2.05, 4.69) is 10.3 Å². The number of aromatic nitrogens is 1. The average molecular weight is 313 g/mol. The highest BCUT2D eigenvalue weighted by atomic mass is 35.5. The molecule has 0 saturated heterocycles. The Bertz CT molecular complexity index is 558. The number of halogens is 2. The third kappa shape index (κ3) is 4.13. The van der Waals surface area contributed by atoms with E-state index in [0.717, 1.165) is 5.03 Å². The summed E-state index contributed by atoms with van der Waals surface area (Å²) in [6, 6.07) is 10.6. The lowest BCUT2D eigenvalue weighted by Crippen LogP contribution is -2.14. The summed E-state index contributed by atoms with van der Waals surface area (Å²) in [6.07, 6.45) is 1.69. The van der Waals surface area contributed by atoms with E-state index < -0.39 is 0 Å². The summed E-state index contributed by atoms with van der Waals surface area (Å²) in [6.45, 7) is 0. The van der Waals surface area contributed by atoms with Gasteiger partial charge in [-0.1, -0.05) is 47.1 Å². The van der Waals surface area contributed by atoms with Crippen molar-refractivity contribution in [2.75, 3.05) is 11.1 Å². The largest absolute Gasteiger partial charge is 0.323 e. The number of hydrogen-bond donors (Lipinski definition) is 1. The van der Waals surface area contributed by atoms with Crippen LogP contribution < -0.4 is 5.32 Å². The molecule has 0 radical (unpaired) electrons. The van der Waals surface area contributed by atoms with Gasteiger partial charge in [0.05, 0.1) is 26.5 Å². The Hall–Kier alpha value is -1.23. The molecule has 0 unspecified atom stereocenters. The van der Waals surface area contributed by atoms with Crippen LogP contribution in [0.1, 0.15) is 0 Å². The number of benzene rings is 1. The van der Waals surface area contributed by atoms with Crippen molar-refractivity contribution < 1.29 is 4.79 Å². The van der Waals surface area contributed by atoms with Gasteiger partial charge in [-0.15, -0.1) is 0 Å². The summed E-state index contributed by atoms with van der Waals surface area (Å²) < 4.78 is 0. The van der Waals surface area contributed by atoms with E-state index >= 15 is 0 Å². The molecule has 2 rings (SSSR count). The van der Waals surface area contributed by atoms with Gasteiger partial charge in [0.1, 0.15) is 0 Å². The molecule has 0 fully saturated rings. The molecule has 0 aliphatic carbocycles. The van der Waals surface area contributed by atoms with Gasteiger partial charge in [-0.2, -0.15) is 0 Å². The second-order valence-electron chi connectivity index (χ2n) is 3.60. The van der Waals surface area contributed by atoms with E-state index in [-0.39, 0.29) is 11.7 Å². The number of anilines is 1. The highest BCUT2D eigenvalue weighted by Gasteiger charge is 2.10. The Balaban J connectivity index is 1.95. The molecule has 0 aliphatic heterocycles. The second kappa shape index (κ2) is 6.80. The zero-order valence-corrected chi connectivity index (χ0v) is 12.1. The Labute approximate surface area is 125 Å². The number of nitrogens with one attached hydrogen (secondary N) is 1. The molecule has 0 spiro atoms. The van der Waals surface area contributed by atoms with Crippen LogP contribution in [-0.4, -0.2) is 16.6 Å². The first kappa shape index (κ1) is 14.2. The number of pyridine rings is 1. The molecule has 1 aromatic carbocycles. The number of carbonyl (C=O) groups is 1. The molecule has 0 saturated carbocycles. The predicted molar refractivity (Wildman–Crippen MR) is 80.1 cm³/mol. The topological polar surface area (TPSA) is 42.0 Å². The van der Waals surface area contributed by atoms with Crippen molar-refractivity contribution >= 4 is 46.6 Å². The number of para-hydroxylation sites is 1. The highest BCUT2D eigenvalue weighted by molar-refractivity contribution is 7.99. The van der Waals surface area contributed by atoms with E-state index in [1.165, 1.54) is 11.8 Å². The molecule has 2 aromatic rings. The number of nitrogens with zero attached hydrogens (tertiary/aromatic N) is 1. The maximum Gasteiger partial charge on any atom is 0.234 e. The summed E-state index contributed by atoms with van der Waals surface area (Å²) >= 11 is 13.3. The highest BCUT2D eigenvalue weighted by Crippen LogP contribution is 2.30. The van der Waals surface area contributed by atoms with Crippen LogP contribution in [-0.2, 0) is 4.79 Å². The minimum atomic E-state index is -0.175. The van der Waals surface area contributed by atoms with Crippen LogP contribution in [0.4, 0.5) is 5.69 Å². The summed E-state index contributed by atoms with van der Waals surface area (Å²) in [4.78, 5) is 15.9. The lowest BCUT2D eigenvalue weighted by atomic mass is 10.3. The molecule has 0 bridgehead atoms. The van der Waals surface area contributed by atoms with Gasteiger partial charge in [0.15, 0.2) is 0 Å². The SMILES string of the molecule is O=C(CSc1ccccn1)Nc1c(Cl)cccc1Cl. The number of amides is 1. The quantitative estimate of drug-likeness (QED) is 0.863. The molecule has 0 atom stereocenters. The minimum absolute atomic E-state index is 0.175. The van der Waals surface area contributed by atoms with Crippen LogP contribution in [0.15, 0.2) is 47.6 Å². The third-order valence-corrected chi connectivity index (χ3v) is 3.79. The van der Waals surface area contributed by atoms with Crippen LogP contribution >= 0.6 is 35.0 Å². The molecule has 1 aromatic heterocycles. The third-order valence-electron chi connectivity index (χ3n) is 2.22. The standard InChI is InChI=1S/C13H10Cl2N2OS/c14-9-4-3-5-10(15)13(9)17-11(18)8-19-12-6-1-2-7-16-12/h1-7H,8H2,(H,17,18). The normalized spacial score (nSPS) is 10.2. The van der Waals surface area contributed by atoms with Crippen molar-refractivity contribution in [3.8, 4) is 0 Å². The molecular weight excluding hydrogens is 303 g/mol. The van der Waals surface area contributed by atoms with Gasteiger partial charge in [-0.05, 0) is 24.3 Å². The minimum Gasteiger partial charge on any atom is -0.323 e. The Morgan fingerprint density at radius 3 is 2.53 bits per heavy atom. The number of rotatable bonds is 4. The zero-order valence-electron chi connectivity index (χ0n) is 9.77. The van der Waals surface area contributed by atoms with Gasteiger partial charge >= 0.3 is 0 Å². The molecule has 1 amide bonds. The summed E-state index contributed by atoms with van der Waals surface area (Å²) in [5, 5.41) is 4.33. The molecule has 1 N–H and O–H groups in total. The fraction of sp³-hybridized carbons (Fsp3) is 0.0769. The van der Waals surface area contributed by atoms with Crippen molar-refractivity contribution in [2.24, 2.45) is 0 Å². The number of carbonyl (C=O) groups excluding carboxylic acids is 1. The summed E-state index contributed by atoms with van der Waals surface area (Å²) in [7, 11) is 0. The Morgan fingerprint density at radius 1 is 1.16 bits per heavy atom. The fourth-order valence-electron chi connectivity index (χ4n) is 1.36. The van der Waals surface area contributed by atoms with E-state index in [9.17, 15) is 4.79 Å². The smallest absolute Gasteiger partial charge is 0.234 e. The zero-order chi connectivity index (χ0) is 13.7. The first-order chi connectivity index (χ1) is 9.16. The average Bonchev–Trinajstić information content (AvgIpc) is 2.42. The molecule has 1 heterocycles. The van der Waals surface area contributed by atoms with Gasteiger partial charge in [-0.3, -0.25) is 4.79 Å². The van der Waals surface area contributed by atoms with Crippen molar-refractivity contribution in [2.45, 2.75) is 5.03 Å². The van der Waals surface area contributed by atoms with Gasteiger partial charge < -0.3 is 5.32 Å². The summed E-state index contributed by atoms with van der Waals surface area (Å²) in [5.74, 6) is 0.0733. The predicted octanol–water partition coefficient (Wildman–Crippen LogP) is 4.12. The van der Waals surface area contributed by atoms with E-state index in [0.29, 0.717) is 15.7 Å². The van der Waals surface area contributed by atoms with Crippen molar-refractivity contribution in [1.29, 1.82) is 0 Å². The molecule has 19 heavy (non-hydrogen) atoms. The van der Waals surface area contributed by atoms with E-state index in [4.69, 9.17) is 23.2 Å². The molecule has 3 nitrogen and oxygen atoms in total. The van der Waals surface area contributed by atoms with Crippen molar-refractivity contribution in [3.05, 3.63) is 52.6 Å². The van der Waals surface area contributed by atoms with Gasteiger partial charge in [0, 0.05) is 6.20 Å². The molecule has 0 aliphatic rings. The van der Waals surface area contributed by atoms with Gasteiger partial charge in [0.2, 0.25) is 5.91 Å². The number of hydrogen-bond acceptors (Lipinski definition) is 3. The lowest BCUT2D eigenvalue weighted by molar-refractivity contribution is -0.113. The lowest BCUT2D eigenvalue weighted by Gasteiger charge is -2.08. The van der Waals surface area contributed by atoms with Crippen LogP contribution in [0.2, 0.25) is 10.0 Å². The Kier molecular flexibility index (Phi) is 5.07. The Morgan fingerprint density at radius 2 is 1.89 bits per heavy atom. The van der Waals surface area contributed by atoms with Gasteiger partial charge in [-0.25, -0.2) is 4.98 Å². The monoisotopic (exact) mass is 312 g/mol. The van der Waals surface area contributed by atoms with Crippen LogP contribution in [0.25, 0.3) is 0 Å². The van der Waals surface area contributed by atoms with Crippen LogP contribution in [0.5, 0.6) is 0 Å². The van der Waals surface area contributed by atoms with Crippen molar-refractivity contribution in [1.82, 2.24) is 4.98 Å². The van der Waals surface area contributed by atoms with E-state index in [1.54, 1.807) is 24.4 Å². The maximum atomic E-state index is 11.8. The van der Waals surface area contributed by atoms with E-state index in [1.807, 2.05) is 18.2 Å². The first-order valence-corrected chi connectivity index (χ1v) is 7.18. The summed E-state index contributed by atoms with van der Waals surface area (Å²) in [5.41, 5.74) is 0.442. The fourth-order valence-corrected chi connectivity index (χ4v) is 2.52. The molecule has 98 valence electrons. The van der Waals surface area contributed by atoms with Crippen LogP contribution in [0, 0.1) is 0 Å².